The lowest BCUT2D eigenvalue weighted by atomic mass is 10.1. The van der Waals surface area contributed by atoms with E-state index in [-0.39, 0.29) is 11.0 Å². The number of rotatable bonds is 5. The molecule has 0 fully saturated rings. The zero-order valence-electron chi connectivity index (χ0n) is 13.6. The lowest BCUT2D eigenvalue weighted by Gasteiger charge is -2.20. The third-order valence-corrected chi connectivity index (χ3v) is 6.01. The molecule has 124 valence electrons. The molecule has 0 bridgehead atoms. The van der Waals surface area contributed by atoms with Crippen LogP contribution in [-0.4, -0.2) is 42.2 Å². The minimum atomic E-state index is -3.56. The van der Waals surface area contributed by atoms with Crippen LogP contribution < -0.4 is 4.74 Å². The topological polar surface area (TPSA) is 64.4 Å². The van der Waals surface area contributed by atoms with E-state index in [2.05, 4.69) is 5.10 Å². The van der Waals surface area contributed by atoms with Gasteiger partial charge in [0, 0.05) is 26.2 Å². The molecule has 1 aromatic carbocycles. The van der Waals surface area contributed by atoms with Crippen molar-refractivity contribution in [1.82, 2.24) is 14.1 Å². The molecule has 2 heterocycles. The van der Waals surface area contributed by atoms with Gasteiger partial charge in [0.1, 0.15) is 16.7 Å². The van der Waals surface area contributed by atoms with Crippen LogP contribution in [-0.2, 0) is 23.0 Å². The second-order valence-electron chi connectivity index (χ2n) is 5.77. The Bertz CT molecular complexity index is 789. The molecule has 0 spiro atoms. The number of aromatic nitrogens is 2. The van der Waals surface area contributed by atoms with Crippen molar-refractivity contribution < 1.29 is 13.2 Å². The molecule has 1 aliphatic rings. The first-order chi connectivity index (χ1) is 10.9. The van der Waals surface area contributed by atoms with Crippen molar-refractivity contribution in [3.05, 3.63) is 41.7 Å². The van der Waals surface area contributed by atoms with E-state index in [0.29, 0.717) is 18.8 Å². The maximum atomic E-state index is 12.8. The summed E-state index contributed by atoms with van der Waals surface area (Å²) in [6, 6.07) is 7.82. The summed E-state index contributed by atoms with van der Waals surface area (Å²) < 4.78 is 34.3. The van der Waals surface area contributed by atoms with Gasteiger partial charge in [0.15, 0.2) is 0 Å². The minimum absolute atomic E-state index is 0.159. The molecule has 2 aromatic rings. The molecule has 0 amide bonds. The van der Waals surface area contributed by atoms with Crippen molar-refractivity contribution >= 4 is 10.0 Å². The van der Waals surface area contributed by atoms with E-state index in [1.807, 2.05) is 31.2 Å². The molecule has 1 aromatic heterocycles. The van der Waals surface area contributed by atoms with Crippen molar-refractivity contribution in [1.29, 1.82) is 0 Å². The van der Waals surface area contributed by atoms with Gasteiger partial charge in [-0.3, -0.25) is 4.68 Å². The Morgan fingerprint density at radius 1 is 1.39 bits per heavy atom. The van der Waals surface area contributed by atoms with E-state index in [0.717, 1.165) is 17.7 Å². The maximum Gasteiger partial charge on any atom is 0.246 e. The van der Waals surface area contributed by atoms with E-state index >= 15 is 0 Å². The van der Waals surface area contributed by atoms with Gasteiger partial charge in [-0.2, -0.15) is 9.40 Å². The van der Waals surface area contributed by atoms with Gasteiger partial charge in [-0.15, -0.1) is 0 Å². The molecule has 0 radical (unpaired) electrons. The summed E-state index contributed by atoms with van der Waals surface area (Å²) in [6.07, 6.45) is 2.16. The number of fused-ring (bicyclic) bond motifs is 1. The molecule has 7 heteroatoms. The molecular weight excluding hydrogens is 314 g/mol. The average molecular weight is 335 g/mol. The molecule has 3 rings (SSSR count). The van der Waals surface area contributed by atoms with Crippen LogP contribution >= 0.6 is 0 Å². The van der Waals surface area contributed by atoms with Gasteiger partial charge in [0.05, 0.1) is 12.2 Å². The van der Waals surface area contributed by atoms with Crippen LogP contribution in [0.5, 0.6) is 5.75 Å². The molecule has 0 unspecified atom stereocenters. The Hall–Kier alpha value is -1.86. The van der Waals surface area contributed by atoms with Crippen LogP contribution in [0.15, 0.2) is 35.4 Å². The predicted octanol–water partition coefficient (Wildman–Crippen LogP) is 1.84. The number of benzene rings is 1. The third kappa shape index (κ3) is 2.98. The Morgan fingerprint density at radius 3 is 2.78 bits per heavy atom. The van der Waals surface area contributed by atoms with Crippen molar-refractivity contribution in [2.75, 3.05) is 13.6 Å². The number of hydrogen-bond acceptors (Lipinski definition) is 4. The highest BCUT2D eigenvalue weighted by atomic mass is 32.2. The Morgan fingerprint density at radius 2 is 2.13 bits per heavy atom. The lowest BCUT2D eigenvalue weighted by Crippen LogP contribution is -2.36. The summed E-state index contributed by atoms with van der Waals surface area (Å²) in [4.78, 5) is 0.261. The highest BCUT2D eigenvalue weighted by Gasteiger charge is 2.30. The van der Waals surface area contributed by atoms with Crippen molar-refractivity contribution in [2.24, 2.45) is 0 Å². The number of nitrogens with zero attached hydrogens (tertiary/aromatic N) is 3. The summed E-state index contributed by atoms with van der Waals surface area (Å²) in [5, 5.41) is 4.22. The second-order valence-corrected chi connectivity index (χ2v) is 7.79. The fourth-order valence-electron chi connectivity index (χ4n) is 2.82. The number of ether oxygens (including phenoxy) is 1. The number of likely N-dealkylation sites (N-methyl/N-ethyl adjacent to an activating group) is 1. The van der Waals surface area contributed by atoms with E-state index in [4.69, 9.17) is 4.74 Å². The van der Waals surface area contributed by atoms with Gasteiger partial charge in [0.2, 0.25) is 10.0 Å². The van der Waals surface area contributed by atoms with Crippen LogP contribution in [0.2, 0.25) is 0 Å². The summed E-state index contributed by atoms with van der Waals surface area (Å²) >= 11 is 0. The molecule has 23 heavy (non-hydrogen) atoms. The second kappa shape index (κ2) is 5.98. The quantitative estimate of drug-likeness (QED) is 0.836. The minimum Gasteiger partial charge on any atom is -0.488 e. The Balaban J connectivity index is 1.75. The lowest BCUT2D eigenvalue weighted by molar-refractivity contribution is 0.204. The van der Waals surface area contributed by atoms with E-state index in [9.17, 15) is 8.42 Å². The Labute approximate surface area is 136 Å². The first-order valence-corrected chi connectivity index (χ1v) is 9.10. The van der Waals surface area contributed by atoms with Crippen LogP contribution in [0.3, 0.4) is 0 Å². The summed E-state index contributed by atoms with van der Waals surface area (Å²) in [7, 11) is -1.98. The average Bonchev–Trinajstić information content (AvgIpc) is 3.09. The van der Waals surface area contributed by atoms with Crippen LogP contribution in [0.25, 0.3) is 0 Å². The number of sulfonamides is 1. The fraction of sp³-hybridized carbons (Fsp3) is 0.438. The Kier molecular flexibility index (Phi) is 4.16. The van der Waals surface area contributed by atoms with Gasteiger partial charge >= 0.3 is 0 Å². The first kappa shape index (κ1) is 16.0. The van der Waals surface area contributed by atoms with Crippen molar-refractivity contribution in [3.63, 3.8) is 0 Å². The fourth-order valence-corrected chi connectivity index (χ4v) is 4.19. The van der Waals surface area contributed by atoms with Gasteiger partial charge in [0.25, 0.3) is 0 Å². The van der Waals surface area contributed by atoms with E-state index in [1.165, 1.54) is 4.31 Å². The zero-order chi connectivity index (χ0) is 16.6. The monoisotopic (exact) mass is 335 g/mol. The molecule has 0 saturated carbocycles. The summed E-state index contributed by atoms with van der Waals surface area (Å²) in [5.41, 5.74) is 1.65. The number of aryl methyl sites for hydroxylation is 2. The standard InChI is InChI=1S/C16H21N3O3S/c1-4-19-11-16(12(2)17-19)23(20,21)18(3)10-14-9-13-7-5-6-8-15(13)22-14/h5-8,11,14H,4,9-10H2,1-3H3/t14-/m1/s1. The number of hydrogen-bond donors (Lipinski definition) is 0. The highest BCUT2D eigenvalue weighted by molar-refractivity contribution is 7.89. The van der Waals surface area contributed by atoms with Crippen molar-refractivity contribution in [3.8, 4) is 5.75 Å². The van der Waals surface area contributed by atoms with E-state index in [1.54, 1.807) is 24.9 Å². The predicted molar refractivity (Wildman–Crippen MR) is 87.0 cm³/mol. The first-order valence-electron chi connectivity index (χ1n) is 7.66. The van der Waals surface area contributed by atoms with Crippen LogP contribution in [0, 0.1) is 6.92 Å². The highest BCUT2D eigenvalue weighted by Crippen LogP contribution is 2.29. The smallest absolute Gasteiger partial charge is 0.246 e. The van der Waals surface area contributed by atoms with Crippen LogP contribution in [0.1, 0.15) is 18.2 Å². The van der Waals surface area contributed by atoms with Gasteiger partial charge in [-0.25, -0.2) is 8.42 Å². The third-order valence-electron chi connectivity index (χ3n) is 4.09. The summed E-state index contributed by atoms with van der Waals surface area (Å²) in [5.74, 6) is 0.846. The normalized spacial score (nSPS) is 17.3. The molecule has 0 aliphatic carbocycles. The van der Waals surface area contributed by atoms with E-state index < -0.39 is 10.0 Å². The zero-order valence-corrected chi connectivity index (χ0v) is 14.4. The number of para-hydroxylation sites is 1. The molecule has 0 N–H and O–H groups in total. The van der Waals surface area contributed by atoms with Crippen molar-refractivity contribution in [2.45, 2.75) is 37.8 Å². The largest absolute Gasteiger partial charge is 0.488 e. The van der Waals surface area contributed by atoms with Gasteiger partial charge < -0.3 is 4.74 Å². The molecular formula is C16H21N3O3S. The molecule has 0 saturated heterocycles. The molecule has 1 atom stereocenters. The SMILES string of the molecule is CCn1cc(S(=O)(=O)N(C)C[C@H]2Cc3ccccc3O2)c(C)n1. The van der Waals surface area contributed by atoms with Gasteiger partial charge in [-0.1, -0.05) is 18.2 Å². The summed E-state index contributed by atoms with van der Waals surface area (Å²) in [6.45, 7) is 4.60. The molecule has 1 aliphatic heterocycles. The molecule has 6 nitrogen and oxygen atoms in total. The van der Waals surface area contributed by atoms with Crippen LogP contribution in [0.4, 0.5) is 0 Å². The van der Waals surface area contributed by atoms with Gasteiger partial charge in [-0.05, 0) is 25.5 Å². The maximum absolute atomic E-state index is 12.8.